The van der Waals surface area contributed by atoms with Crippen molar-refractivity contribution in [1.82, 2.24) is 0 Å². The molecular formula is C15H20F3NO. The van der Waals surface area contributed by atoms with Crippen LogP contribution in [0, 0.1) is 11.8 Å². The summed E-state index contributed by atoms with van der Waals surface area (Å²) in [6, 6.07) is 4.54. The van der Waals surface area contributed by atoms with E-state index in [2.05, 4.69) is 30.8 Å². The minimum atomic E-state index is -4.64. The van der Waals surface area contributed by atoms with Gasteiger partial charge in [0.05, 0.1) is 0 Å². The van der Waals surface area contributed by atoms with Crippen LogP contribution in [0.3, 0.4) is 0 Å². The number of fused-ring (bicyclic) bond motifs is 1. The number of rotatable bonds is 4. The third kappa shape index (κ3) is 3.58. The monoisotopic (exact) mass is 287 g/mol. The predicted octanol–water partition coefficient (Wildman–Crippen LogP) is 4.78. The van der Waals surface area contributed by atoms with E-state index in [4.69, 9.17) is 0 Å². The van der Waals surface area contributed by atoms with E-state index in [1.165, 1.54) is 12.1 Å². The molecule has 1 aliphatic rings. The topological polar surface area (TPSA) is 21.3 Å². The summed E-state index contributed by atoms with van der Waals surface area (Å²) < 4.78 is 40.9. The Morgan fingerprint density at radius 1 is 1.30 bits per heavy atom. The zero-order valence-electron chi connectivity index (χ0n) is 11.9. The molecule has 1 aromatic carbocycles. The van der Waals surface area contributed by atoms with Crippen LogP contribution in [0.25, 0.3) is 0 Å². The highest BCUT2D eigenvalue weighted by Gasteiger charge is 2.33. The first-order valence-corrected chi connectivity index (χ1v) is 6.90. The Morgan fingerprint density at radius 3 is 2.60 bits per heavy atom. The molecule has 0 radical (unpaired) electrons. The molecule has 1 aromatic rings. The molecule has 2 unspecified atom stereocenters. The second-order valence-corrected chi connectivity index (χ2v) is 5.89. The Balaban J connectivity index is 2.19. The Bertz CT molecular complexity index is 471. The Labute approximate surface area is 117 Å². The van der Waals surface area contributed by atoms with Crippen molar-refractivity contribution in [2.45, 2.75) is 39.5 Å². The predicted molar refractivity (Wildman–Crippen MR) is 73.0 cm³/mol. The van der Waals surface area contributed by atoms with E-state index in [1.54, 1.807) is 6.07 Å². The summed E-state index contributed by atoms with van der Waals surface area (Å²) in [4.78, 5) is 0. The zero-order valence-corrected chi connectivity index (χ0v) is 11.9. The number of halogens is 3. The van der Waals surface area contributed by atoms with Gasteiger partial charge in [0.15, 0.2) is 0 Å². The van der Waals surface area contributed by atoms with Gasteiger partial charge in [-0.15, -0.1) is 13.2 Å². The molecular weight excluding hydrogens is 267 g/mol. The highest BCUT2D eigenvalue weighted by molar-refractivity contribution is 5.60. The fraction of sp³-hybridized carbons (Fsp3) is 0.600. The normalized spacial score (nSPS) is 19.6. The summed E-state index contributed by atoms with van der Waals surface area (Å²) in [5.41, 5.74) is 1.85. The van der Waals surface area contributed by atoms with E-state index >= 15 is 0 Å². The van der Waals surface area contributed by atoms with Gasteiger partial charge in [-0.3, -0.25) is 0 Å². The molecule has 2 rings (SSSR count). The molecule has 2 nitrogen and oxygen atoms in total. The average Bonchev–Trinajstić information content (AvgIpc) is 2.68. The number of hydrogen-bond acceptors (Lipinski definition) is 2. The molecule has 2 atom stereocenters. The molecule has 1 N–H and O–H groups in total. The van der Waals surface area contributed by atoms with Crippen molar-refractivity contribution < 1.29 is 17.9 Å². The quantitative estimate of drug-likeness (QED) is 0.860. The Kier molecular flexibility index (Phi) is 4.16. The third-order valence-corrected chi connectivity index (χ3v) is 3.70. The van der Waals surface area contributed by atoms with Gasteiger partial charge in [-0.05, 0) is 42.0 Å². The van der Waals surface area contributed by atoms with Crippen LogP contribution in [0.4, 0.5) is 18.9 Å². The zero-order chi connectivity index (χ0) is 14.9. The fourth-order valence-corrected chi connectivity index (χ4v) is 2.95. The van der Waals surface area contributed by atoms with Gasteiger partial charge in [0, 0.05) is 18.2 Å². The average molecular weight is 287 g/mol. The van der Waals surface area contributed by atoms with Gasteiger partial charge in [0.25, 0.3) is 0 Å². The van der Waals surface area contributed by atoms with Crippen LogP contribution in [-0.2, 0) is 0 Å². The summed E-state index contributed by atoms with van der Waals surface area (Å²) in [5, 5.41) is 3.26. The van der Waals surface area contributed by atoms with Crippen LogP contribution < -0.4 is 10.1 Å². The molecule has 0 amide bonds. The van der Waals surface area contributed by atoms with Crippen molar-refractivity contribution in [3.8, 4) is 5.75 Å². The fourth-order valence-electron chi connectivity index (χ4n) is 2.95. The molecule has 0 aliphatic carbocycles. The highest BCUT2D eigenvalue weighted by atomic mass is 19.4. The highest BCUT2D eigenvalue weighted by Crippen LogP contribution is 2.41. The maximum absolute atomic E-state index is 12.3. The number of hydrogen-bond donors (Lipinski definition) is 1. The Morgan fingerprint density at radius 2 is 2.00 bits per heavy atom. The van der Waals surface area contributed by atoms with Gasteiger partial charge in [-0.1, -0.05) is 20.8 Å². The lowest BCUT2D eigenvalue weighted by Crippen LogP contribution is -2.17. The van der Waals surface area contributed by atoms with Crippen molar-refractivity contribution in [3.63, 3.8) is 0 Å². The second kappa shape index (κ2) is 5.54. The van der Waals surface area contributed by atoms with E-state index in [1.807, 2.05) is 0 Å². The van der Waals surface area contributed by atoms with Crippen molar-refractivity contribution in [2.75, 3.05) is 11.9 Å². The molecule has 0 saturated heterocycles. The number of nitrogens with one attached hydrogen (secondary N) is 1. The largest absolute Gasteiger partial charge is 0.573 e. The lowest BCUT2D eigenvalue weighted by atomic mass is 9.83. The van der Waals surface area contributed by atoms with E-state index < -0.39 is 6.36 Å². The smallest absolute Gasteiger partial charge is 0.406 e. The van der Waals surface area contributed by atoms with Crippen LogP contribution in [0.15, 0.2) is 18.2 Å². The van der Waals surface area contributed by atoms with Crippen molar-refractivity contribution in [2.24, 2.45) is 11.8 Å². The molecule has 0 saturated carbocycles. The lowest BCUT2D eigenvalue weighted by molar-refractivity contribution is -0.274. The van der Waals surface area contributed by atoms with E-state index in [0.29, 0.717) is 11.8 Å². The van der Waals surface area contributed by atoms with Crippen LogP contribution in [0.1, 0.15) is 38.7 Å². The molecule has 1 heterocycles. The van der Waals surface area contributed by atoms with Crippen molar-refractivity contribution in [3.05, 3.63) is 23.8 Å². The molecule has 20 heavy (non-hydrogen) atoms. The first-order chi connectivity index (χ1) is 9.26. The van der Waals surface area contributed by atoms with Crippen molar-refractivity contribution in [1.29, 1.82) is 0 Å². The molecule has 5 heteroatoms. The van der Waals surface area contributed by atoms with Gasteiger partial charge in [0.2, 0.25) is 0 Å². The van der Waals surface area contributed by atoms with Crippen LogP contribution in [0.5, 0.6) is 5.75 Å². The number of benzene rings is 1. The molecule has 112 valence electrons. The van der Waals surface area contributed by atoms with Gasteiger partial charge in [-0.25, -0.2) is 0 Å². The molecule has 0 bridgehead atoms. The summed E-state index contributed by atoms with van der Waals surface area (Å²) in [7, 11) is 0. The SMILES string of the molecule is CC(C)CC(C)C1CNc2ccc(OC(F)(F)F)cc21. The molecule has 0 fully saturated rings. The standard InChI is InChI=1S/C15H20F3NO/c1-9(2)6-10(3)13-8-19-14-5-4-11(7-12(13)14)20-15(16,17)18/h4-5,7,9-10,13,19H,6,8H2,1-3H3. The van der Waals surface area contributed by atoms with Gasteiger partial charge in [-0.2, -0.15) is 0 Å². The van der Waals surface area contributed by atoms with Gasteiger partial charge >= 0.3 is 6.36 Å². The first-order valence-electron chi connectivity index (χ1n) is 6.90. The van der Waals surface area contributed by atoms with Gasteiger partial charge in [0.1, 0.15) is 5.75 Å². The molecule has 1 aliphatic heterocycles. The number of anilines is 1. The minimum absolute atomic E-state index is 0.137. The van der Waals surface area contributed by atoms with E-state index in [-0.39, 0.29) is 11.7 Å². The number of alkyl halides is 3. The van der Waals surface area contributed by atoms with Crippen LogP contribution >= 0.6 is 0 Å². The maximum atomic E-state index is 12.3. The summed E-state index contributed by atoms with van der Waals surface area (Å²) in [6.45, 7) is 7.24. The van der Waals surface area contributed by atoms with Crippen LogP contribution in [-0.4, -0.2) is 12.9 Å². The Hall–Kier alpha value is -1.39. The third-order valence-electron chi connectivity index (χ3n) is 3.70. The molecule has 0 aromatic heterocycles. The minimum Gasteiger partial charge on any atom is -0.406 e. The molecule has 0 spiro atoms. The maximum Gasteiger partial charge on any atom is 0.573 e. The van der Waals surface area contributed by atoms with Crippen LogP contribution in [0.2, 0.25) is 0 Å². The first kappa shape index (κ1) is 15.0. The van der Waals surface area contributed by atoms with Crippen molar-refractivity contribution >= 4 is 5.69 Å². The second-order valence-electron chi connectivity index (χ2n) is 5.89. The van der Waals surface area contributed by atoms with E-state index in [9.17, 15) is 13.2 Å². The summed E-state index contributed by atoms with van der Waals surface area (Å²) >= 11 is 0. The lowest BCUT2D eigenvalue weighted by Gasteiger charge is -2.21. The number of ether oxygens (including phenoxy) is 1. The van der Waals surface area contributed by atoms with Gasteiger partial charge < -0.3 is 10.1 Å². The van der Waals surface area contributed by atoms with E-state index in [0.717, 1.165) is 24.2 Å². The summed E-state index contributed by atoms with van der Waals surface area (Å²) in [6.07, 6.45) is -3.59. The summed E-state index contributed by atoms with van der Waals surface area (Å²) in [5.74, 6) is 1.10.